The standard InChI is InChI=1S/C17H22N4OS2/c1-10-8-14(24-17-21-20-12(3)23-17)4-5-15(10)19-16(22)13-6-7-18-11(2)9-13/h4-5,8,11,13,18H,6-7,9H2,1-3H3,(H,19,22)/t11-,13-/m0/s1. The van der Waals surface area contributed by atoms with Crippen LogP contribution in [0.3, 0.4) is 0 Å². The van der Waals surface area contributed by atoms with Gasteiger partial charge in [0.15, 0.2) is 4.34 Å². The Bertz CT molecular complexity index is 731. The molecule has 5 nitrogen and oxygen atoms in total. The Hall–Kier alpha value is -1.44. The van der Waals surface area contributed by atoms with E-state index < -0.39 is 0 Å². The number of piperidine rings is 1. The van der Waals surface area contributed by atoms with Gasteiger partial charge in [0.2, 0.25) is 5.91 Å². The quantitative estimate of drug-likeness (QED) is 0.869. The molecule has 128 valence electrons. The number of carbonyl (C=O) groups excluding carboxylic acids is 1. The summed E-state index contributed by atoms with van der Waals surface area (Å²) in [6.45, 7) is 7.02. The van der Waals surface area contributed by atoms with Gasteiger partial charge < -0.3 is 10.6 Å². The van der Waals surface area contributed by atoms with Gasteiger partial charge in [-0.15, -0.1) is 10.2 Å². The molecule has 1 aliphatic rings. The van der Waals surface area contributed by atoms with E-state index in [1.807, 2.05) is 26.0 Å². The zero-order valence-corrected chi connectivity index (χ0v) is 15.8. The molecule has 0 aliphatic carbocycles. The molecule has 1 saturated heterocycles. The van der Waals surface area contributed by atoms with E-state index in [2.05, 4.69) is 33.8 Å². The van der Waals surface area contributed by atoms with Crippen molar-refractivity contribution >= 4 is 34.7 Å². The van der Waals surface area contributed by atoms with Gasteiger partial charge in [-0.2, -0.15) is 0 Å². The molecule has 2 aromatic rings. The maximum atomic E-state index is 12.5. The van der Waals surface area contributed by atoms with Crippen LogP contribution in [-0.2, 0) is 4.79 Å². The van der Waals surface area contributed by atoms with Crippen molar-refractivity contribution in [3.05, 3.63) is 28.8 Å². The van der Waals surface area contributed by atoms with Crippen molar-refractivity contribution in [3.63, 3.8) is 0 Å². The Morgan fingerprint density at radius 3 is 2.88 bits per heavy atom. The lowest BCUT2D eigenvalue weighted by Gasteiger charge is -2.27. The second-order valence-corrected chi connectivity index (χ2v) is 8.73. The molecule has 24 heavy (non-hydrogen) atoms. The van der Waals surface area contributed by atoms with Gasteiger partial charge in [0, 0.05) is 22.5 Å². The van der Waals surface area contributed by atoms with Crippen molar-refractivity contribution in [1.82, 2.24) is 15.5 Å². The Kier molecular flexibility index (Phi) is 5.53. The van der Waals surface area contributed by atoms with Crippen molar-refractivity contribution in [2.24, 2.45) is 5.92 Å². The Labute approximate surface area is 150 Å². The van der Waals surface area contributed by atoms with Gasteiger partial charge >= 0.3 is 0 Å². The summed E-state index contributed by atoms with van der Waals surface area (Å²) in [6, 6.07) is 6.50. The first kappa shape index (κ1) is 17.4. The molecule has 0 bridgehead atoms. The highest BCUT2D eigenvalue weighted by molar-refractivity contribution is 8.01. The summed E-state index contributed by atoms with van der Waals surface area (Å²) < 4.78 is 0.937. The minimum Gasteiger partial charge on any atom is -0.326 e. The maximum absolute atomic E-state index is 12.5. The second-order valence-electron chi connectivity index (χ2n) is 6.23. The number of amides is 1. The van der Waals surface area contributed by atoms with Crippen LogP contribution >= 0.6 is 23.1 Å². The number of benzene rings is 1. The van der Waals surface area contributed by atoms with Gasteiger partial charge in [0.25, 0.3) is 0 Å². The minimum absolute atomic E-state index is 0.0964. The van der Waals surface area contributed by atoms with Crippen LogP contribution in [0.4, 0.5) is 5.69 Å². The zero-order chi connectivity index (χ0) is 17.1. The van der Waals surface area contributed by atoms with Gasteiger partial charge in [-0.1, -0.05) is 23.1 Å². The summed E-state index contributed by atoms with van der Waals surface area (Å²) in [7, 11) is 0. The summed E-state index contributed by atoms with van der Waals surface area (Å²) in [6.07, 6.45) is 1.80. The second kappa shape index (κ2) is 7.63. The van der Waals surface area contributed by atoms with Crippen LogP contribution < -0.4 is 10.6 Å². The van der Waals surface area contributed by atoms with E-state index in [4.69, 9.17) is 0 Å². The largest absolute Gasteiger partial charge is 0.326 e. The average molecular weight is 363 g/mol. The van der Waals surface area contributed by atoms with Crippen molar-refractivity contribution in [1.29, 1.82) is 0 Å². The SMILES string of the molecule is Cc1nnc(Sc2ccc(NC(=O)[C@H]3CCN[C@@H](C)C3)c(C)c2)s1. The topological polar surface area (TPSA) is 66.9 Å². The van der Waals surface area contributed by atoms with E-state index in [0.717, 1.165) is 44.9 Å². The van der Waals surface area contributed by atoms with Gasteiger partial charge in [-0.05, 0) is 63.9 Å². The number of rotatable bonds is 4. The van der Waals surface area contributed by atoms with Crippen molar-refractivity contribution in [2.45, 2.75) is 48.9 Å². The number of nitrogens with one attached hydrogen (secondary N) is 2. The predicted octanol–water partition coefficient (Wildman–Crippen LogP) is 3.63. The van der Waals surface area contributed by atoms with Crippen LogP contribution in [0, 0.1) is 19.8 Å². The zero-order valence-electron chi connectivity index (χ0n) is 14.1. The van der Waals surface area contributed by atoms with E-state index in [0.29, 0.717) is 6.04 Å². The molecule has 0 unspecified atom stereocenters. The third-order valence-corrected chi connectivity index (χ3v) is 6.04. The summed E-state index contributed by atoms with van der Waals surface area (Å²) in [5.74, 6) is 0.227. The monoisotopic (exact) mass is 362 g/mol. The number of nitrogens with zero attached hydrogens (tertiary/aromatic N) is 2. The van der Waals surface area contributed by atoms with Crippen LogP contribution in [0.1, 0.15) is 30.3 Å². The van der Waals surface area contributed by atoms with E-state index in [1.165, 1.54) is 0 Å². The first-order chi connectivity index (χ1) is 11.5. The third kappa shape index (κ3) is 4.34. The smallest absolute Gasteiger partial charge is 0.227 e. The number of aryl methyl sites for hydroxylation is 2. The van der Waals surface area contributed by atoms with E-state index in [1.54, 1.807) is 23.1 Å². The third-order valence-electron chi connectivity index (χ3n) is 4.16. The van der Waals surface area contributed by atoms with Crippen molar-refractivity contribution < 1.29 is 4.79 Å². The molecule has 3 rings (SSSR count). The molecule has 0 spiro atoms. The fourth-order valence-corrected chi connectivity index (χ4v) is 4.75. The van der Waals surface area contributed by atoms with Crippen LogP contribution in [0.15, 0.2) is 27.4 Å². The maximum Gasteiger partial charge on any atom is 0.227 e. The minimum atomic E-state index is 0.0964. The molecule has 1 amide bonds. The molecule has 2 N–H and O–H groups in total. The lowest BCUT2D eigenvalue weighted by atomic mass is 9.92. The van der Waals surface area contributed by atoms with Gasteiger partial charge in [-0.3, -0.25) is 4.79 Å². The molecule has 2 heterocycles. The highest BCUT2D eigenvalue weighted by atomic mass is 32.2. The molecule has 1 fully saturated rings. The number of hydrogen-bond acceptors (Lipinski definition) is 6. The summed E-state index contributed by atoms with van der Waals surface area (Å²) in [4.78, 5) is 13.6. The average Bonchev–Trinajstić information content (AvgIpc) is 2.95. The van der Waals surface area contributed by atoms with E-state index in [-0.39, 0.29) is 11.8 Å². The molecular weight excluding hydrogens is 340 g/mol. The normalized spacial score (nSPS) is 20.8. The van der Waals surface area contributed by atoms with E-state index >= 15 is 0 Å². The van der Waals surface area contributed by atoms with Gasteiger partial charge in [-0.25, -0.2) is 0 Å². The van der Waals surface area contributed by atoms with Crippen molar-refractivity contribution in [3.8, 4) is 0 Å². The van der Waals surface area contributed by atoms with Crippen LogP contribution in [0.25, 0.3) is 0 Å². The number of anilines is 1. The number of aromatic nitrogens is 2. The fourth-order valence-electron chi connectivity index (χ4n) is 2.87. The fraction of sp³-hybridized carbons (Fsp3) is 0.471. The highest BCUT2D eigenvalue weighted by Crippen LogP contribution is 2.32. The molecule has 2 atom stereocenters. The lowest BCUT2D eigenvalue weighted by Crippen LogP contribution is -2.40. The molecule has 7 heteroatoms. The summed E-state index contributed by atoms with van der Waals surface area (Å²) in [5, 5.41) is 15.6. The number of hydrogen-bond donors (Lipinski definition) is 2. The molecular formula is C17H22N4OS2. The molecule has 1 aromatic heterocycles. The first-order valence-corrected chi connectivity index (χ1v) is 9.77. The lowest BCUT2D eigenvalue weighted by molar-refractivity contribution is -0.120. The number of carbonyl (C=O) groups is 1. The van der Waals surface area contributed by atoms with Gasteiger partial charge in [0.1, 0.15) is 5.01 Å². The van der Waals surface area contributed by atoms with Crippen LogP contribution in [0.5, 0.6) is 0 Å². The van der Waals surface area contributed by atoms with Crippen molar-refractivity contribution in [2.75, 3.05) is 11.9 Å². The Balaban J connectivity index is 1.65. The van der Waals surface area contributed by atoms with Crippen LogP contribution in [-0.4, -0.2) is 28.7 Å². The van der Waals surface area contributed by atoms with Gasteiger partial charge in [0.05, 0.1) is 0 Å². The highest BCUT2D eigenvalue weighted by Gasteiger charge is 2.24. The summed E-state index contributed by atoms with van der Waals surface area (Å²) >= 11 is 3.19. The Morgan fingerprint density at radius 1 is 1.38 bits per heavy atom. The molecule has 0 radical (unpaired) electrons. The molecule has 1 aromatic carbocycles. The molecule has 1 aliphatic heterocycles. The van der Waals surface area contributed by atoms with Crippen LogP contribution in [0.2, 0.25) is 0 Å². The molecule has 0 saturated carbocycles. The first-order valence-electron chi connectivity index (χ1n) is 8.14. The summed E-state index contributed by atoms with van der Waals surface area (Å²) in [5.41, 5.74) is 1.96. The predicted molar refractivity (Wildman–Crippen MR) is 98.8 cm³/mol. The Morgan fingerprint density at radius 2 is 2.21 bits per heavy atom. The van der Waals surface area contributed by atoms with E-state index in [9.17, 15) is 4.79 Å².